The smallest absolute Gasteiger partial charge is 0.399 e. The fraction of sp³-hybridized carbons (Fsp3) is 0.857. The highest BCUT2D eigenvalue weighted by molar-refractivity contribution is 7.99. The normalized spacial score (nSPS) is 15.3. The van der Waals surface area contributed by atoms with Crippen molar-refractivity contribution in [2.75, 3.05) is 25.2 Å². The summed E-state index contributed by atoms with van der Waals surface area (Å²) in [5.41, 5.74) is 4.95. The summed E-state index contributed by atoms with van der Waals surface area (Å²) in [4.78, 5) is 0. The van der Waals surface area contributed by atoms with Crippen molar-refractivity contribution >= 4 is 17.6 Å². The summed E-state index contributed by atoms with van der Waals surface area (Å²) in [6, 6.07) is 0. The van der Waals surface area contributed by atoms with E-state index in [1.54, 1.807) is 0 Å². The maximum absolute atomic E-state index is 12.4. The zero-order valence-corrected chi connectivity index (χ0v) is 8.94. The predicted molar refractivity (Wildman–Crippen MR) is 52.2 cm³/mol. The molecule has 4 nitrogen and oxygen atoms in total. The maximum Gasteiger partial charge on any atom is 0.399 e. The Balaban J connectivity index is 4.16. The van der Waals surface area contributed by atoms with Crippen molar-refractivity contribution in [3.63, 3.8) is 0 Å². The number of oxime groups is 1. The zero-order valence-electron chi connectivity index (χ0n) is 8.12. The standard InChI is InChI=1S/C7H13F3N2O2S/c1-14-2-3-15-4-5(6(11)12-13)7(8,9)10/h5,13H,2-4H2,1H3,(H2,11,12). The lowest BCUT2D eigenvalue weighted by Crippen LogP contribution is -2.37. The van der Waals surface area contributed by atoms with Crippen molar-refractivity contribution in [3.8, 4) is 0 Å². The Labute approximate surface area is 89.6 Å². The maximum atomic E-state index is 12.4. The van der Waals surface area contributed by atoms with Crippen LogP contribution in [0.4, 0.5) is 13.2 Å². The molecule has 0 heterocycles. The number of rotatable bonds is 6. The molecule has 0 aromatic carbocycles. The molecule has 15 heavy (non-hydrogen) atoms. The molecule has 0 saturated carbocycles. The number of nitrogens with two attached hydrogens (primary N) is 1. The third kappa shape index (κ3) is 5.73. The number of amidine groups is 1. The second kappa shape index (κ2) is 6.78. The molecule has 0 rings (SSSR count). The summed E-state index contributed by atoms with van der Waals surface area (Å²) in [7, 11) is 1.46. The van der Waals surface area contributed by atoms with Crippen molar-refractivity contribution in [1.29, 1.82) is 0 Å². The van der Waals surface area contributed by atoms with E-state index in [0.29, 0.717) is 12.4 Å². The second-order valence-corrected chi connectivity index (χ2v) is 3.84. The Morgan fingerprint density at radius 1 is 1.60 bits per heavy atom. The molecule has 0 aliphatic rings. The Bertz CT molecular complexity index is 211. The summed E-state index contributed by atoms with van der Waals surface area (Å²) < 4.78 is 41.7. The van der Waals surface area contributed by atoms with Gasteiger partial charge in [-0.25, -0.2) is 0 Å². The first-order chi connectivity index (χ1) is 6.93. The van der Waals surface area contributed by atoms with Gasteiger partial charge in [0.25, 0.3) is 0 Å². The fourth-order valence-electron chi connectivity index (χ4n) is 0.761. The molecule has 3 N–H and O–H groups in total. The van der Waals surface area contributed by atoms with Crippen molar-refractivity contribution in [2.45, 2.75) is 6.18 Å². The van der Waals surface area contributed by atoms with Crippen LogP contribution < -0.4 is 5.73 Å². The monoisotopic (exact) mass is 246 g/mol. The molecule has 0 fully saturated rings. The van der Waals surface area contributed by atoms with Crippen molar-refractivity contribution in [1.82, 2.24) is 0 Å². The Morgan fingerprint density at radius 3 is 2.60 bits per heavy atom. The van der Waals surface area contributed by atoms with Crippen molar-refractivity contribution in [3.05, 3.63) is 0 Å². The van der Waals surface area contributed by atoms with E-state index in [1.807, 2.05) is 0 Å². The lowest BCUT2D eigenvalue weighted by molar-refractivity contribution is -0.150. The van der Waals surface area contributed by atoms with Crippen molar-refractivity contribution in [2.24, 2.45) is 16.8 Å². The molecule has 0 spiro atoms. The first-order valence-corrected chi connectivity index (χ1v) is 5.19. The van der Waals surface area contributed by atoms with Crippen LogP contribution in [0.2, 0.25) is 0 Å². The van der Waals surface area contributed by atoms with Crippen LogP contribution in [-0.4, -0.2) is 42.4 Å². The summed E-state index contributed by atoms with van der Waals surface area (Å²) in [5, 5.41) is 10.6. The van der Waals surface area contributed by atoms with Gasteiger partial charge < -0.3 is 15.7 Å². The minimum atomic E-state index is -4.49. The van der Waals surface area contributed by atoms with Gasteiger partial charge in [-0.1, -0.05) is 5.16 Å². The number of halogens is 3. The molecule has 0 bridgehead atoms. The van der Waals surface area contributed by atoms with Gasteiger partial charge in [-0.15, -0.1) is 0 Å². The third-order valence-electron chi connectivity index (χ3n) is 1.58. The zero-order chi connectivity index (χ0) is 11.9. The Kier molecular flexibility index (Phi) is 6.50. The molecule has 0 saturated heterocycles. The number of methoxy groups -OCH3 is 1. The SMILES string of the molecule is COCCSCC(C(N)=NO)C(F)(F)F. The topological polar surface area (TPSA) is 67.8 Å². The Morgan fingerprint density at radius 2 is 2.20 bits per heavy atom. The molecule has 0 aromatic rings. The van der Waals surface area contributed by atoms with Gasteiger partial charge in [-0.2, -0.15) is 24.9 Å². The van der Waals surface area contributed by atoms with E-state index >= 15 is 0 Å². The van der Waals surface area contributed by atoms with Gasteiger partial charge in [0.15, 0.2) is 5.84 Å². The van der Waals surface area contributed by atoms with Crippen LogP contribution in [-0.2, 0) is 4.74 Å². The number of hydrogen-bond acceptors (Lipinski definition) is 4. The minimum absolute atomic E-state index is 0.275. The first kappa shape index (κ1) is 14.4. The van der Waals surface area contributed by atoms with E-state index in [4.69, 9.17) is 10.9 Å². The van der Waals surface area contributed by atoms with Gasteiger partial charge in [0.1, 0.15) is 5.92 Å². The average Bonchev–Trinajstić information content (AvgIpc) is 2.15. The number of ether oxygens (including phenoxy) is 1. The molecule has 0 aliphatic carbocycles. The highest BCUT2D eigenvalue weighted by Gasteiger charge is 2.42. The number of hydrogen-bond donors (Lipinski definition) is 2. The molecule has 0 amide bonds. The average molecular weight is 246 g/mol. The van der Waals surface area contributed by atoms with Crippen LogP contribution in [0.5, 0.6) is 0 Å². The molecule has 1 atom stereocenters. The van der Waals surface area contributed by atoms with Crippen LogP contribution in [0, 0.1) is 5.92 Å². The Hall–Kier alpha value is -0.630. The number of nitrogens with zero attached hydrogens (tertiary/aromatic N) is 1. The van der Waals surface area contributed by atoms with Crippen LogP contribution in [0.25, 0.3) is 0 Å². The first-order valence-electron chi connectivity index (χ1n) is 4.04. The van der Waals surface area contributed by atoms with E-state index in [2.05, 4.69) is 9.89 Å². The largest absolute Gasteiger partial charge is 0.409 e. The summed E-state index contributed by atoms with van der Waals surface area (Å²) >= 11 is 1.04. The van der Waals surface area contributed by atoms with E-state index in [9.17, 15) is 13.2 Å². The molecule has 0 radical (unpaired) electrons. The predicted octanol–water partition coefficient (Wildman–Crippen LogP) is 1.29. The summed E-state index contributed by atoms with van der Waals surface area (Å²) in [6.07, 6.45) is -4.49. The molecule has 0 aromatic heterocycles. The van der Waals surface area contributed by atoms with Crippen LogP contribution >= 0.6 is 11.8 Å². The number of thioether (sulfide) groups is 1. The van der Waals surface area contributed by atoms with Crippen LogP contribution in [0.3, 0.4) is 0 Å². The third-order valence-corrected chi connectivity index (χ3v) is 2.61. The van der Waals surface area contributed by atoms with Gasteiger partial charge in [0.2, 0.25) is 0 Å². The molecule has 8 heteroatoms. The highest BCUT2D eigenvalue weighted by Crippen LogP contribution is 2.29. The molecular formula is C7H13F3N2O2S. The second-order valence-electron chi connectivity index (χ2n) is 2.69. The lowest BCUT2D eigenvalue weighted by atomic mass is 10.1. The number of alkyl halides is 3. The molecule has 90 valence electrons. The van der Waals surface area contributed by atoms with Crippen LogP contribution in [0.1, 0.15) is 0 Å². The van der Waals surface area contributed by atoms with Gasteiger partial charge in [0, 0.05) is 18.6 Å². The lowest BCUT2D eigenvalue weighted by Gasteiger charge is -2.18. The fourth-order valence-corrected chi connectivity index (χ4v) is 1.81. The van der Waals surface area contributed by atoms with Crippen LogP contribution in [0.15, 0.2) is 5.16 Å². The highest BCUT2D eigenvalue weighted by atomic mass is 32.2. The van der Waals surface area contributed by atoms with E-state index in [-0.39, 0.29) is 5.75 Å². The van der Waals surface area contributed by atoms with Gasteiger partial charge >= 0.3 is 6.18 Å². The minimum Gasteiger partial charge on any atom is -0.409 e. The molecular weight excluding hydrogens is 233 g/mol. The van der Waals surface area contributed by atoms with E-state index in [0.717, 1.165) is 11.8 Å². The van der Waals surface area contributed by atoms with Gasteiger partial charge in [-0.05, 0) is 0 Å². The van der Waals surface area contributed by atoms with Gasteiger partial charge in [-0.3, -0.25) is 0 Å². The molecule has 1 unspecified atom stereocenters. The summed E-state index contributed by atoms with van der Waals surface area (Å²) in [6.45, 7) is 0.366. The summed E-state index contributed by atoms with van der Waals surface area (Å²) in [5.74, 6) is -2.57. The van der Waals surface area contributed by atoms with E-state index in [1.165, 1.54) is 7.11 Å². The van der Waals surface area contributed by atoms with E-state index < -0.39 is 17.9 Å². The van der Waals surface area contributed by atoms with Gasteiger partial charge in [0.05, 0.1) is 6.61 Å². The van der Waals surface area contributed by atoms with Crippen molar-refractivity contribution < 1.29 is 23.1 Å². The quantitative estimate of drug-likeness (QED) is 0.244. The molecule has 0 aliphatic heterocycles.